The Labute approximate surface area is 211 Å². The zero-order chi connectivity index (χ0) is 25.7. The predicted molar refractivity (Wildman–Crippen MR) is 139 cm³/mol. The molecule has 1 atom stereocenters. The molecule has 0 saturated heterocycles. The quantitative estimate of drug-likeness (QED) is 0.324. The number of rotatable bonds is 9. The van der Waals surface area contributed by atoms with Gasteiger partial charge < -0.3 is 9.47 Å². The van der Waals surface area contributed by atoms with E-state index in [9.17, 15) is 13.2 Å². The molecule has 1 unspecified atom stereocenters. The minimum absolute atomic E-state index is 0.0744. The molecule has 8 heteroatoms. The van der Waals surface area contributed by atoms with Crippen molar-refractivity contribution in [3.63, 3.8) is 0 Å². The smallest absolute Gasteiger partial charge is 0.324 e. The van der Waals surface area contributed by atoms with Crippen molar-refractivity contribution in [1.82, 2.24) is 9.71 Å². The molecule has 3 aromatic carbocycles. The third-order valence-electron chi connectivity index (χ3n) is 5.89. The summed E-state index contributed by atoms with van der Waals surface area (Å²) in [4.78, 5) is 16.4. The number of hydrogen-bond donors (Lipinski definition) is 1. The maximum absolute atomic E-state index is 12.8. The number of fused-ring (bicyclic) bond motifs is 1. The van der Waals surface area contributed by atoms with Crippen LogP contribution in [0.5, 0.6) is 5.75 Å². The molecule has 0 fully saturated rings. The fraction of sp³-hybridized carbons (Fsp3) is 0.214. The van der Waals surface area contributed by atoms with Gasteiger partial charge in [-0.15, -0.1) is 0 Å². The van der Waals surface area contributed by atoms with Crippen molar-refractivity contribution in [2.75, 3.05) is 7.11 Å². The first-order chi connectivity index (χ1) is 17.3. The average molecular weight is 505 g/mol. The molecule has 7 nitrogen and oxygen atoms in total. The molecule has 0 bridgehead atoms. The number of carbonyl (C=O) groups excluding carboxylic acids is 1. The third kappa shape index (κ3) is 5.72. The van der Waals surface area contributed by atoms with Gasteiger partial charge in [0.25, 0.3) is 0 Å². The van der Waals surface area contributed by atoms with E-state index < -0.39 is 22.0 Å². The lowest BCUT2D eigenvalue weighted by atomic mass is 10.1. The molecule has 0 aliphatic heterocycles. The Morgan fingerprint density at radius 1 is 0.917 bits per heavy atom. The fourth-order valence-corrected chi connectivity index (χ4v) is 5.16. The van der Waals surface area contributed by atoms with E-state index in [0.29, 0.717) is 6.61 Å². The van der Waals surface area contributed by atoms with E-state index in [4.69, 9.17) is 9.47 Å². The van der Waals surface area contributed by atoms with Gasteiger partial charge in [0, 0.05) is 17.1 Å². The maximum Gasteiger partial charge on any atom is 0.324 e. The number of benzene rings is 3. The summed E-state index contributed by atoms with van der Waals surface area (Å²) in [6.07, 6.45) is 1.78. The summed E-state index contributed by atoms with van der Waals surface area (Å²) in [5.74, 6) is -0.153. The van der Waals surface area contributed by atoms with Crippen LogP contribution in [-0.4, -0.2) is 32.5 Å². The second-order valence-electron chi connectivity index (χ2n) is 8.69. The molecular formula is C28H28N2O5S. The molecule has 0 aliphatic carbocycles. The molecular weight excluding hydrogens is 476 g/mol. The Morgan fingerprint density at radius 2 is 1.56 bits per heavy atom. The van der Waals surface area contributed by atoms with Crippen LogP contribution in [0.2, 0.25) is 0 Å². The van der Waals surface area contributed by atoms with Crippen molar-refractivity contribution in [1.29, 1.82) is 0 Å². The first kappa shape index (κ1) is 25.3. The lowest BCUT2D eigenvalue weighted by Crippen LogP contribution is -2.44. The van der Waals surface area contributed by atoms with Gasteiger partial charge in [-0.1, -0.05) is 56.3 Å². The molecule has 186 valence electrons. The molecule has 0 spiro atoms. The van der Waals surface area contributed by atoms with Crippen molar-refractivity contribution in [3.05, 3.63) is 90.6 Å². The predicted octanol–water partition coefficient (Wildman–Crippen LogP) is 4.96. The monoisotopic (exact) mass is 504 g/mol. The molecule has 0 saturated carbocycles. The van der Waals surface area contributed by atoms with Crippen LogP contribution in [0.4, 0.5) is 0 Å². The Morgan fingerprint density at radius 3 is 2.19 bits per heavy atom. The number of para-hydroxylation sites is 1. The highest BCUT2D eigenvalue weighted by Crippen LogP contribution is 2.25. The second kappa shape index (κ2) is 10.9. The number of nitrogens with zero attached hydrogens (tertiary/aromatic N) is 1. The SMILES string of the molecule is COC(=O)C(NS(=O)(=O)c1ccc(-c2ccc(OCc3ccnc4ccccc34)cc2)cc1)C(C)C. The maximum atomic E-state index is 12.8. The topological polar surface area (TPSA) is 94.6 Å². The number of esters is 1. The van der Waals surface area contributed by atoms with E-state index in [-0.39, 0.29) is 10.8 Å². The first-order valence-corrected chi connectivity index (χ1v) is 13.0. The van der Waals surface area contributed by atoms with Crippen molar-refractivity contribution < 1.29 is 22.7 Å². The van der Waals surface area contributed by atoms with Crippen LogP contribution in [-0.2, 0) is 26.2 Å². The van der Waals surface area contributed by atoms with Gasteiger partial charge >= 0.3 is 5.97 Å². The number of carbonyl (C=O) groups is 1. The molecule has 1 heterocycles. The summed E-state index contributed by atoms with van der Waals surface area (Å²) < 4.78 is 38.7. The zero-order valence-electron chi connectivity index (χ0n) is 20.3. The number of hydrogen-bond acceptors (Lipinski definition) is 6. The second-order valence-corrected chi connectivity index (χ2v) is 10.4. The van der Waals surface area contributed by atoms with E-state index in [0.717, 1.165) is 33.3 Å². The molecule has 4 rings (SSSR count). The van der Waals surface area contributed by atoms with Gasteiger partial charge in [-0.2, -0.15) is 4.72 Å². The Bertz CT molecular complexity index is 1440. The van der Waals surface area contributed by atoms with Gasteiger partial charge in [-0.05, 0) is 53.4 Å². The summed E-state index contributed by atoms with van der Waals surface area (Å²) >= 11 is 0. The third-order valence-corrected chi connectivity index (χ3v) is 7.35. The van der Waals surface area contributed by atoms with Crippen LogP contribution >= 0.6 is 0 Å². The summed E-state index contributed by atoms with van der Waals surface area (Å²) in [6, 6.07) is 23.1. The van der Waals surface area contributed by atoms with E-state index >= 15 is 0 Å². The highest BCUT2D eigenvalue weighted by atomic mass is 32.2. The van der Waals surface area contributed by atoms with Crippen molar-refractivity contribution in [2.24, 2.45) is 5.92 Å². The van der Waals surface area contributed by atoms with Gasteiger partial charge in [0.2, 0.25) is 10.0 Å². The van der Waals surface area contributed by atoms with Gasteiger partial charge in [-0.25, -0.2) is 8.42 Å². The van der Waals surface area contributed by atoms with Crippen molar-refractivity contribution in [3.8, 4) is 16.9 Å². The first-order valence-electron chi connectivity index (χ1n) is 11.5. The number of methoxy groups -OCH3 is 1. The highest BCUT2D eigenvalue weighted by molar-refractivity contribution is 7.89. The highest BCUT2D eigenvalue weighted by Gasteiger charge is 2.29. The van der Waals surface area contributed by atoms with Crippen molar-refractivity contribution >= 4 is 26.9 Å². The minimum atomic E-state index is -3.89. The standard InChI is InChI=1S/C28H28N2O5S/c1-19(2)27(28(31)34-3)30-36(32,33)24-14-10-21(11-15-24)20-8-12-23(13-9-20)35-18-22-16-17-29-26-7-5-4-6-25(22)26/h4-17,19,27,30H,18H2,1-3H3. The molecule has 36 heavy (non-hydrogen) atoms. The van der Waals surface area contributed by atoms with Crippen LogP contribution in [0.1, 0.15) is 19.4 Å². The number of aromatic nitrogens is 1. The van der Waals surface area contributed by atoms with Crippen LogP contribution < -0.4 is 9.46 Å². The summed E-state index contributed by atoms with van der Waals surface area (Å²) in [7, 11) is -2.66. The molecule has 1 aromatic heterocycles. The lowest BCUT2D eigenvalue weighted by Gasteiger charge is -2.19. The van der Waals surface area contributed by atoms with E-state index in [1.807, 2.05) is 54.6 Å². The van der Waals surface area contributed by atoms with Crippen LogP contribution in [0.25, 0.3) is 22.0 Å². The lowest BCUT2D eigenvalue weighted by molar-refractivity contribution is -0.143. The van der Waals surface area contributed by atoms with E-state index in [2.05, 4.69) is 9.71 Å². The zero-order valence-corrected chi connectivity index (χ0v) is 21.2. The van der Waals surface area contributed by atoms with Gasteiger partial charge in [0.1, 0.15) is 18.4 Å². The molecule has 4 aromatic rings. The number of nitrogens with one attached hydrogen (secondary N) is 1. The van der Waals surface area contributed by atoms with Gasteiger partial charge in [-0.3, -0.25) is 9.78 Å². The van der Waals surface area contributed by atoms with Gasteiger partial charge in [0.05, 0.1) is 17.5 Å². The molecule has 1 N–H and O–H groups in total. The molecule has 0 radical (unpaired) electrons. The fourth-order valence-electron chi connectivity index (χ4n) is 3.83. The Balaban J connectivity index is 1.44. The number of ether oxygens (including phenoxy) is 2. The van der Waals surface area contributed by atoms with E-state index in [1.54, 1.807) is 32.2 Å². The summed E-state index contributed by atoms with van der Waals surface area (Å²) in [6.45, 7) is 3.92. The summed E-state index contributed by atoms with van der Waals surface area (Å²) in [5, 5.41) is 1.06. The van der Waals surface area contributed by atoms with Crippen LogP contribution in [0.15, 0.2) is 90.0 Å². The Kier molecular flexibility index (Phi) is 7.67. The largest absolute Gasteiger partial charge is 0.489 e. The van der Waals surface area contributed by atoms with Gasteiger partial charge in [0.15, 0.2) is 0 Å². The molecule has 0 amide bonds. The number of pyridine rings is 1. The average Bonchev–Trinajstić information content (AvgIpc) is 2.90. The summed E-state index contributed by atoms with van der Waals surface area (Å²) in [5.41, 5.74) is 3.76. The molecule has 0 aliphatic rings. The number of sulfonamides is 1. The van der Waals surface area contributed by atoms with Crippen LogP contribution in [0.3, 0.4) is 0 Å². The van der Waals surface area contributed by atoms with Crippen LogP contribution in [0, 0.1) is 5.92 Å². The van der Waals surface area contributed by atoms with E-state index in [1.165, 1.54) is 19.2 Å². The Hall–Kier alpha value is -3.75. The van der Waals surface area contributed by atoms with Crippen molar-refractivity contribution in [2.45, 2.75) is 31.4 Å². The minimum Gasteiger partial charge on any atom is -0.489 e. The normalized spacial score (nSPS) is 12.4.